The van der Waals surface area contributed by atoms with Gasteiger partial charge in [-0.3, -0.25) is 4.79 Å². The van der Waals surface area contributed by atoms with Crippen molar-refractivity contribution < 1.29 is 26.4 Å². The number of nitrogens with zero attached hydrogens (tertiary/aromatic N) is 3. The zero-order chi connectivity index (χ0) is 22.6. The van der Waals surface area contributed by atoms with Crippen LogP contribution in [-0.4, -0.2) is 76.2 Å². The molecule has 1 aromatic heterocycles. The molecule has 2 aromatic rings. The predicted octanol–water partition coefficient (Wildman–Crippen LogP) is 0.670. The first-order valence-corrected chi connectivity index (χ1v) is 12.4. The van der Waals surface area contributed by atoms with Crippen LogP contribution < -0.4 is 5.32 Å². The number of aromatic nitrogens is 1. The van der Waals surface area contributed by atoms with Crippen molar-refractivity contribution >= 4 is 31.8 Å². The standard InChI is InChI=1S/C19H24N4O6S2/c1-15-3-8-18(20-13-15)21-19(24)14-22(2)30(25,26)16-4-6-17(7-5-16)31(27,28)23-9-11-29-12-10-23/h3-8,13H,9-12,14H2,1-2H3,(H,20,21,24). The van der Waals surface area contributed by atoms with Crippen molar-refractivity contribution in [1.29, 1.82) is 0 Å². The van der Waals surface area contributed by atoms with Crippen molar-refractivity contribution in [2.24, 2.45) is 0 Å². The molecule has 1 amide bonds. The number of hydrogen-bond acceptors (Lipinski definition) is 7. The second kappa shape index (κ2) is 9.40. The molecule has 10 nitrogen and oxygen atoms in total. The Kier molecular flexibility index (Phi) is 7.06. The molecule has 2 heterocycles. The van der Waals surface area contributed by atoms with E-state index >= 15 is 0 Å². The highest BCUT2D eigenvalue weighted by Gasteiger charge is 2.28. The molecule has 31 heavy (non-hydrogen) atoms. The molecule has 12 heteroatoms. The number of pyridine rings is 1. The minimum atomic E-state index is -4.00. The summed E-state index contributed by atoms with van der Waals surface area (Å²) in [6.07, 6.45) is 1.59. The number of carbonyl (C=O) groups excluding carboxylic acids is 1. The van der Waals surface area contributed by atoms with Crippen molar-refractivity contribution in [1.82, 2.24) is 13.6 Å². The van der Waals surface area contributed by atoms with Crippen LogP contribution in [0.15, 0.2) is 52.4 Å². The van der Waals surface area contributed by atoms with Gasteiger partial charge in [-0.15, -0.1) is 0 Å². The van der Waals surface area contributed by atoms with Crippen LogP contribution in [0.3, 0.4) is 0 Å². The summed E-state index contributed by atoms with van der Waals surface area (Å²) in [5.74, 6) is -0.229. The highest BCUT2D eigenvalue weighted by Crippen LogP contribution is 2.21. The van der Waals surface area contributed by atoms with Gasteiger partial charge >= 0.3 is 0 Å². The van der Waals surface area contributed by atoms with E-state index in [-0.39, 0.29) is 22.9 Å². The molecule has 1 saturated heterocycles. The molecular formula is C19H24N4O6S2. The molecule has 1 aliphatic heterocycles. The van der Waals surface area contributed by atoms with Crippen molar-refractivity contribution in [3.05, 3.63) is 48.2 Å². The number of ether oxygens (including phenoxy) is 1. The lowest BCUT2D eigenvalue weighted by Crippen LogP contribution is -2.40. The number of likely N-dealkylation sites (N-methyl/N-ethyl adjacent to an activating group) is 1. The molecule has 168 valence electrons. The van der Waals surface area contributed by atoms with Crippen LogP contribution in [-0.2, 0) is 29.6 Å². The van der Waals surface area contributed by atoms with Gasteiger partial charge in [-0.2, -0.15) is 8.61 Å². The van der Waals surface area contributed by atoms with Gasteiger partial charge in [0.25, 0.3) is 0 Å². The summed E-state index contributed by atoms with van der Waals surface area (Å²) in [4.78, 5) is 16.1. The molecule has 0 bridgehead atoms. The van der Waals surface area contributed by atoms with Gasteiger partial charge in [0.1, 0.15) is 5.82 Å². The molecule has 3 rings (SSSR count). The third-order valence-corrected chi connectivity index (χ3v) is 8.42. The summed E-state index contributed by atoms with van der Waals surface area (Å²) < 4.78 is 58.3. The molecule has 1 aliphatic rings. The first-order chi connectivity index (χ1) is 14.6. The van der Waals surface area contributed by atoms with E-state index in [1.54, 1.807) is 18.3 Å². The van der Waals surface area contributed by atoms with Gasteiger partial charge in [-0.05, 0) is 42.8 Å². The fourth-order valence-electron chi connectivity index (χ4n) is 2.91. The third kappa shape index (κ3) is 5.46. The van der Waals surface area contributed by atoms with Gasteiger partial charge in [0.15, 0.2) is 0 Å². The van der Waals surface area contributed by atoms with Gasteiger partial charge in [0.2, 0.25) is 26.0 Å². The number of rotatable bonds is 7. The molecule has 0 radical (unpaired) electrons. The lowest BCUT2D eigenvalue weighted by atomic mass is 10.3. The highest BCUT2D eigenvalue weighted by atomic mass is 32.2. The second-order valence-corrected chi connectivity index (χ2v) is 11.0. The number of benzene rings is 1. The Bertz CT molecular complexity index is 1130. The fraction of sp³-hybridized carbons (Fsp3) is 0.368. The quantitative estimate of drug-likeness (QED) is 0.633. The van der Waals surface area contributed by atoms with E-state index in [0.29, 0.717) is 19.0 Å². The summed E-state index contributed by atoms with van der Waals surface area (Å²) in [6.45, 7) is 2.56. The molecule has 1 fully saturated rings. The van der Waals surface area contributed by atoms with Crippen LogP contribution in [0.4, 0.5) is 5.82 Å². The van der Waals surface area contributed by atoms with Crippen LogP contribution in [0.2, 0.25) is 0 Å². The summed E-state index contributed by atoms with van der Waals surface area (Å²) in [5.41, 5.74) is 0.928. The van der Waals surface area contributed by atoms with Crippen molar-refractivity contribution in [2.45, 2.75) is 16.7 Å². The van der Waals surface area contributed by atoms with E-state index in [1.165, 1.54) is 35.6 Å². The van der Waals surface area contributed by atoms with Crippen LogP contribution >= 0.6 is 0 Å². The lowest BCUT2D eigenvalue weighted by Gasteiger charge is -2.26. The number of sulfonamides is 2. The Morgan fingerprint density at radius 2 is 1.68 bits per heavy atom. The number of morpholine rings is 1. The van der Waals surface area contributed by atoms with Crippen LogP contribution in [0.5, 0.6) is 0 Å². The first kappa shape index (κ1) is 23.3. The maximum atomic E-state index is 12.8. The van der Waals surface area contributed by atoms with E-state index < -0.39 is 32.5 Å². The van der Waals surface area contributed by atoms with Gasteiger partial charge in [0, 0.05) is 26.3 Å². The van der Waals surface area contributed by atoms with Gasteiger partial charge in [0.05, 0.1) is 29.5 Å². The number of aryl methyl sites for hydroxylation is 1. The van der Waals surface area contributed by atoms with Gasteiger partial charge in [-0.1, -0.05) is 6.07 Å². The molecule has 0 atom stereocenters. The van der Waals surface area contributed by atoms with Crippen molar-refractivity contribution in [3.63, 3.8) is 0 Å². The summed E-state index contributed by atoms with van der Waals surface area (Å²) >= 11 is 0. The van der Waals surface area contributed by atoms with Crippen LogP contribution in [0.1, 0.15) is 5.56 Å². The van der Waals surface area contributed by atoms with Crippen LogP contribution in [0.25, 0.3) is 0 Å². The molecule has 1 aromatic carbocycles. The van der Waals surface area contributed by atoms with Gasteiger partial charge < -0.3 is 10.1 Å². The zero-order valence-corrected chi connectivity index (χ0v) is 18.8. The maximum Gasteiger partial charge on any atom is 0.243 e. The summed E-state index contributed by atoms with van der Waals surface area (Å²) in [5, 5.41) is 2.54. The Labute approximate surface area is 181 Å². The second-order valence-electron chi connectivity index (χ2n) is 7.02. The normalized spacial score (nSPS) is 15.7. The van der Waals surface area contributed by atoms with Crippen LogP contribution in [0, 0.1) is 6.92 Å². The lowest BCUT2D eigenvalue weighted by molar-refractivity contribution is -0.116. The molecule has 0 saturated carbocycles. The molecular weight excluding hydrogens is 444 g/mol. The number of anilines is 1. The number of carbonyl (C=O) groups is 1. The van der Waals surface area contributed by atoms with E-state index in [0.717, 1.165) is 9.87 Å². The molecule has 0 spiro atoms. The molecule has 1 N–H and O–H groups in total. The molecule has 0 aliphatic carbocycles. The Morgan fingerprint density at radius 3 is 2.26 bits per heavy atom. The Morgan fingerprint density at radius 1 is 1.06 bits per heavy atom. The monoisotopic (exact) mass is 468 g/mol. The minimum absolute atomic E-state index is 0.000749. The maximum absolute atomic E-state index is 12.8. The third-order valence-electron chi connectivity index (χ3n) is 4.68. The van der Waals surface area contributed by atoms with Gasteiger partial charge in [-0.25, -0.2) is 21.8 Å². The smallest absolute Gasteiger partial charge is 0.243 e. The highest BCUT2D eigenvalue weighted by molar-refractivity contribution is 7.89. The topological polar surface area (TPSA) is 126 Å². The van der Waals surface area contributed by atoms with E-state index in [9.17, 15) is 21.6 Å². The SMILES string of the molecule is Cc1ccc(NC(=O)CN(C)S(=O)(=O)c2ccc(S(=O)(=O)N3CCOCC3)cc2)nc1. The minimum Gasteiger partial charge on any atom is -0.379 e. The summed E-state index contributed by atoms with van der Waals surface area (Å²) in [7, 11) is -6.45. The van der Waals surface area contributed by atoms with E-state index in [1.807, 2.05) is 6.92 Å². The number of nitrogens with one attached hydrogen (secondary N) is 1. The average Bonchev–Trinajstić information content (AvgIpc) is 2.76. The Hall–Kier alpha value is -2.38. The number of hydrogen-bond donors (Lipinski definition) is 1. The number of amides is 1. The fourth-order valence-corrected chi connectivity index (χ4v) is 5.45. The Balaban J connectivity index is 1.69. The largest absolute Gasteiger partial charge is 0.379 e. The van der Waals surface area contributed by atoms with E-state index in [2.05, 4.69) is 10.3 Å². The van der Waals surface area contributed by atoms with Crippen molar-refractivity contribution in [3.8, 4) is 0 Å². The first-order valence-electron chi connectivity index (χ1n) is 9.47. The average molecular weight is 469 g/mol. The zero-order valence-electron chi connectivity index (χ0n) is 17.2. The predicted molar refractivity (Wildman–Crippen MR) is 113 cm³/mol. The van der Waals surface area contributed by atoms with E-state index in [4.69, 9.17) is 4.74 Å². The van der Waals surface area contributed by atoms with Crippen molar-refractivity contribution in [2.75, 3.05) is 45.2 Å². The summed E-state index contributed by atoms with van der Waals surface area (Å²) in [6, 6.07) is 8.34. The molecule has 0 unspecified atom stereocenters.